The average Bonchev–Trinajstić information content (AvgIpc) is 3.28. The van der Waals surface area contributed by atoms with Crippen LogP contribution in [0.25, 0.3) is 5.57 Å². The first-order valence-corrected chi connectivity index (χ1v) is 11.9. The van der Waals surface area contributed by atoms with Crippen LogP contribution in [0.3, 0.4) is 0 Å². The molecule has 1 atom stereocenters. The molecule has 0 radical (unpaired) electrons. The van der Waals surface area contributed by atoms with Crippen molar-refractivity contribution in [2.24, 2.45) is 0 Å². The normalized spacial score (nSPS) is 17.1. The van der Waals surface area contributed by atoms with Gasteiger partial charge in [0.25, 0.3) is 0 Å². The maximum atomic E-state index is 12.9. The molecule has 1 unspecified atom stereocenters. The van der Waals surface area contributed by atoms with Crippen LogP contribution < -0.4 is 10.6 Å². The molecule has 1 aromatic carbocycles. The molecule has 0 fully saturated rings. The third-order valence-corrected chi connectivity index (χ3v) is 5.84. The minimum Gasteiger partial charge on any atom is -0.464 e. The van der Waals surface area contributed by atoms with E-state index in [1.165, 1.54) is 0 Å². The second kappa shape index (κ2) is 11.0. The summed E-state index contributed by atoms with van der Waals surface area (Å²) in [5.74, 6) is 1.36. The van der Waals surface area contributed by atoms with E-state index >= 15 is 0 Å². The minimum atomic E-state index is -1.22. The van der Waals surface area contributed by atoms with Crippen LogP contribution in [-0.4, -0.2) is 44.4 Å². The summed E-state index contributed by atoms with van der Waals surface area (Å²) in [6.07, 6.45) is 2.25. The third-order valence-electron chi connectivity index (χ3n) is 5.84. The second-order valence-corrected chi connectivity index (χ2v) is 8.70. The number of nitrogens with one attached hydrogen (secondary N) is 3. The number of aromatic amines is 1. The highest BCUT2D eigenvalue weighted by molar-refractivity contribution is 5.87. The number of aromatic nitrogens is 4. The molecule has 1 amide bonds. The lowest BCUT2D eigenvalue weighted by Crippen LogP contribution is -2.56. The first-order chi connectivity index (χ1) is 17.4. The summed E-state index contributed by atoms with van der Waals surface area (Å²) < 4.78 is 10.7. The number of alkyl carbamates (subject to hydrolysis) is 1. The fourth-order valence-corrected chi connectivity index (χ4v) is 4.02. The number of nitrogens with zero attached hydrogens (tertiary/aromatic N) is 3. The largest absolute Gasteiger partial charge is 0.464 e. The Morgan fingerprint density at radius 3 is 2.56 bits per heavy atom. The van der Waals surface area contributed by atoms with Gasteiger partial charge >= 0.3 is 12.1 Å². The van der Waals surface area contributed by atoms with Crippen LogP contribution in [0, 0.1) is 13.8 Å². The molecule has 36 heavy (non-hydrogen) atoms. The van der Waals surface area contributed by atoms with E-state index in [9.17, 15) is 9.59 Å². The first-order valence-electron chi connectivity index (χ1n) is 11.9. The number of rotatable bonds is 8. The smallest absolute Gasteiger partial charge is 0.408 e. The molecule has 0 saturated carbocycles. The van der Waals surface area contributed by atoms with Crippen molar-refractivity contribution in [1.29, 1.82) is 0 Å². The number of carbonyl (C=O) groups is 2. The predicted octanol–water partition coefficient (Wildman–Crippen LogP) is 4.36. The molecule has 3 aromatic rings. The zero-order valence-corrected chi connectivity index (χ0v) is 20.6. The number of hydrogen-bond acceptors (Lipinski definition) is 8. The number of ether oxygens (including phenoxy) is 2. The molecule has 10 heteroatoms. The van der Waals surface area contributed by atoms with Crippen molar-refractivity contribution < 1.29 is 19.1 Å². The Morgan fingerprint density at radius 1 is 1.08 bits per heavy atom. The maximum absolute atomic E-state index is 12.9. The van der Waals surface area contributed by atoms with Gasteiger partial charge in [0, 0.05) is 29.9 Å². The summed E-state index contributed by atoms with van der Waals surface area (Å²) in [6.45, 7) is 5.86. The number of allylic oxidation sites excluding steroid dienone is 1. The van der Waals surface area contributed by atoms with Crippen LogP contribution in [0.4, 0.5) is 16.4 Å². The fourth-order valence-electron chi connectivity index (χ4n) is 4.02. The molecule has 1 aliphatic carbocycles. The van der Waals surface area contributed by atoms with Gasteiger partial charge in [-0.25, -0.2) is 19.6 Å². The molecule has 10 nitrogen and oxygen atoms in total. The van der Waals surface area contributed by atoms with Gasteiger partial charge in [0.05, 0.1) is 6.61 Å². The molecule has 4 rings (SSSR count). The molecule has 0 saturated heterocycles. The number of aryl methyl sites for hydroxylation is 2. The number of hydrogen-bond donors (Lipinski definition) is 3. The molecule has 188 valence electrons. The predicted molar refractivity (Wildman–Crippen MR) is 134 cm³/mol. The van der Waals surface area contributed by atoms with Gasteiger partial charge in [-0.15, -0.1) is 0 Å². The Balaban J connectivity index is 1.49. The number of benzene rings is 1. The van der Waals surface area contributed by atoms with Crippen LogP contribution in [-0.2, 0) is 20.9 Å². The van der Waals surface area contributed by atoms with Crippen LogP contribution in [0.2, 0.25) is 0 Å². The van der Waals surface area contributed by atoms with Crippen molar-refractivity contribution in [3.8, 4) is 0 Å². The van der Waals surface area contributed by atoms with E-state index in [1.807, 2.05) is 62.4 Å². The highest BCUT2D eigenvalue weighted by Crippen LogP contribution is 2.33. The zero-order chi connectivity index (χ0) is 25.5. The van der Waals surface area contributed by atoms with Gasteiger partial charge in [0.15, 0.2) is 11.6 Å². The molecular weight excluding hydrogens is 460 g/mol. The number of esters is 1. The number of carbonyl (C=O) groups excluding carboxylic acids is 2. The van der Waals surface area contributed by atoms with Gasteiger partial charge in [-0.3, -0.25) is 5.10 Å². The van der Waals surface area contributed by atoms with Crippen LogP contribution >= 0.6 is 0 Å². The number of anilines is 2. The molecule has 2 heterocycles. The van der Waals surface area contributed by atoms with Crippen molar-refractivity contribution in [3.63, 3.8) is 0 Å². The Hall–Kier alpha value is -4.21. The van der Waals surface area contributed by atoms with Crippen molar-refractivity contribution >= 4 is 29.3 Å². The third kappa shape index (κ3) is 6.07. The average molecular weight is 491 g/mol. The first kappa shape index (κ1) is 24.9. The fraction of sp³-hybridized carbons (Fsp3) is 0.346. The Labute approximate surface area is 209 Å². The standard InChI is InChI=1S/C26H30N6O4/c1-4-35-24(33)26(30-25(34)36-16-19-8-6-5-7-9-19)12-10-20(11-13-26)23-27-17(2)14-21(29-23)28-22-15-18(3)31-32-22/h5-10,14-15H,4,11-13,16H2,1-3H3,(H,30,34)(H2,27,28,29,31,32). The SMILES string of the molecule is CCOC(=O)C1(NC(=O)OCc2ccccc2)CC=C(c2nc(C)cc(Nc3cc(C)[nH]n3)n2)CC1. The summed E-state index contributed by atoms with van der Waals surface area (Å²) in [4.78, 5) is 34.7. The van der Waals surface area contributed by atoms with Crippen LogP contribution in [0.15, 0.2) is 48.5 Å². The molecule has 3 N–H and O–H groups in total. The zero-order valence-electron chi connectivity index (χ0n) is 20.6. The summed E-state index contributed by atoms with van der Waals surface area (Å²) in [6, 6.07) is 13.1. The molecule has 0 aliphatic heterocycles. The summed E-state index contributed by atoms with van der Waals surface area (Å²) in [5, 5.41) is 13.0. The maximum Gasteiger partial charge on any atom is 0.408 e. The van der Waals surface area contributed by atoms with Crippen LogP contribution in [0.5, 0.6) is 0 Å². The van der Waals surface area contributed by atoms with Gasteiger partial charge in [-0.1, -0.05) is 36.4 Å². The quantitative estimate of drug-likeness (QED) is 0.397. The van der Waals surface area contributed by atoms with Crippen molar-refractivity contribution in [3.05, 3.63) is 71.3 Å². The van der Waals surface area contributed by atoms with E-state index < -0.39 is 17.6 Å². The van der Waals surface area contributed by atoms with Gasteiger partial charge in [-0.2, -0.15) is 5.10 Å². The van der Waals surface area contributed by atoms with E-state index in [0.29, 0.717) is 30.3 Å². The number of amides is 1. The minimum absolute atomic E-state index is 0.106. The summed E-state index contributed by atoms with van der Waals surface area (Å²) >= 11 is 0. The van der Waals surface area contributed by atoms with Crippen molar-refractivity contribution in [1.82, 2.24) is 25.5 Å². The molecule has 0 bridgehead atoms. The lowest BCUT2D eigenvalue weighted by atomic mass is 9.82. The molecule has 2 aromatic heterocycles. The Bertz CT molecular complexity index is 1260. The monoisotopic (exact) mass is 490 g/mol. The molecule has 1 aliphatic rings. The lowest BCUT2D eigenvalue weighted by molar-refractivity contribution is -0.151. The van der Waals surface area contributed by atoms with E-state index in [-0.39, 0.29) is 19.6 Å². The van der Waals surface area contributed by atoms with Gasteiger partial charge < -0.3 is 20.1 Å². The number of H-pyrrole nitrogens is 1. The highest BCUT2D eigenvalue weighted by atomic mass is 16.6. The second-order valence-electron chi connectivity index (χ2n) is 8.70. The Morgan fingerprint density at radius 2 is 1.89 bits per heavy atom. The van der Waals surface area contributed by atoms with Gasteiger partial charge in [-0.05, 0) is 44.7 Å². The Kier molecular flexibility index (Phi) is 7.62. The highest BCUT2D eigenvalue weighted by Gasteiger charge is 2.43. The van der Waals surface area contributed by atoms with Gasteiger partial charge in [0.1, 0.15) is 18.0 Å². The van der Waals surface area contributed by atoms with Crippen molar-refractivity contribution in [2.45, 2.75) is 52.2 Å². The van der Waals surface area contributed by atoms with Gasteiger partial charge in [0.2, 0.25) is 0 Å². The lowest BCUT2D eigenvalue weighted by Gasteiger charge is -2.34. The summed E-state index contributed by atoms with van der Waals surface area (Å²) in [7, 11) is 0. The van der Waals surface area contributed by atoms with Crippen molar-refractivity contribution in [2.75, 3.05) is 11.9 Å². The summed E-state index contributed by atoms with van der Waals surface area (Å²) in [5.41, 5.74) is 2.25. The van der Waals surface area contributed by atoms with E-state index in [1.54, 1.807) is 6.92 Å². The van der Waals surface area contributed by atoms with E-state index in [0.717, 1.165) is 22.5 Å². The molecule has 0 spiro atoms. The molecular formula is C26H30N6O4. The van der Waals surface area contributed by atoms with E-state index in [4.69, 9.17) is 9.47 Å². The van der Waals surface area contributed by atoms with E-state index in [2.05, 4.69) is 30.8 Å². The van der Waals surface area contributed by atoms with Crippen LogP contribution in [0.1, 0.15) is 49.0 Å². The topological polar surface area (TPSA) is 131 Å².